The number of carbonyl (C=O) groups is 1. The molecule has 31 heavy (non-hydrogen) atoms. The number of methoxy groups -OCH3 is 1. The number of pyridine rings is 1. The largest absolute Gasteiger partial charge is 0.383 e. The van der Waals surface area contributed by atoms with Crippen LogP contribution < -0.4 is 15.8 Å². The van der Waals surface area contributed by atoms with Crippen molar-refractivity contribution in [3.05, 3.63) is 60.6 Å². The molecular formula is C20H22N6O4S. The molecule has 1 amide bonds. The zero-order chi connectivity index (χ0) is 22.4. The molecule has 3 aromatic rings. The quantitative estimate of drug-likeness (QED) is 0.477. The minimum absolute atomic E-state index is 0.0345. The van der Waals surface area contributed by atoms with E-state index in [1.54, 1.807) is 43.5 Å². The number of nitrogens with one attached hydrogen (secondary N) is 2. The van der Waals surface area contributed by atoms with Crippen molar-refractivity contribution in [3.8, 4) is 11.3 Å². The van der Waals surface area contributed by atoms with Gasteiger partial charge in [-0.2, -0.15) is 0 Å². The normalized spacial score (nSPS) is 12.3. The predicted octanol–water partition coefficient (Wildman–Crippen LogP) is 1.69. The fourth-order valence-corrected chi connectivity index (χ4v) is 3.97. The van der Waals surface area contributed by atoms with Crippen LogP contribution in [0.4, 0.5) is 11.6 Å². The number of nitrogens with zero attached hydrogens (tertiary/aromatic N) is 3. The van der Waals surface area contributed by atoms with Gasteiger partial charge in [0.05, 0.1) is 23.4 Å². The third kappa shape index (κ3) is 5.60. The Morgan fingerprint density at radius 2 is 1.90 bits per heavy atom. The minimum atomic E-state index is -3.70. The van der Waals surface area contributed by atoms with Crippen molar-refractivity contribution in [2.45, 2.75) is 17.9 Å². The molecule has 0 bridgehead atoms. The summed E-state index contributed by atoms with van der Waals surface area (Å²) in [4.78, 5) is 25.0. The smallest absolute Gasteiger partial charge is 0.279 e. The van der Waals surface area contributed by atoms with E-state index in [0.29, 0.717) is 17.1 Å². The first-order valence-electron chi connectivity index (χ1n) is 9.27. The van der Waals surface area contributed by atoms with Crippen LogP contribution in [0.2, 0.25) is 0 Å². The molecule has 0 fully saturated rings. The molecule has 0 spiro atoms. The second kappa shape index (κ2) is 9.60. The summed E-state index contributed by atoms with van der Waals surface area (Å²) in [6.07, 6.45) is 2.96. The lowest BCUT2D eigenvalue weighted by Crippen LogP contribution is -2.35. The lowest BCUT2D eigenvalue weighted by Gasteiger charge is -2.13. The SMILES string of the molecule is COCC(C)NS(=O)(=O)c1ccc(-c2cnc(N)c(C(=O)Nc3ccccn3)n2)cc1. The number of carbonyl (C=O) groups excluding carboxylic acids is 1. The molecular weight excluding hydrogens is 420 g/mol. The standard InChI is InChI=1S/C20H22N6O4S/c1-13(12-30-2)26-31(28,29)15-8-6-14(7-9-15)16-11-23-19(21)18(24-16)20(27)25-17-5-3-4-10-22-17/h3-11,13,26H,12H2,1-2H3,(H2,21,23)(H,22,25,27). The number of hydrogen-bond donors (Lipinski definition) is 3. The highest BCUT2D eigenvalue weighted by atomic mass is 32.2. The van der Waals surface area contributed by atoms with Gasteiger partial charge in [0.25, 0.3) is 5.91 Å². The number of amides is 1. The number of sulfonamides is 1. The molecule has 0 saturated carbocycles. The second-order valence-corrected chi connectivity index (χ2v) is 8.37. The zero-order valence-electron chi connectivity index (χ0n) is 16.9. The van der Waals surface area contributed by atoms with Gasteiger partial charge in [-0.05, 0) is 31.2 Å². The van der Waals surface area contributed by atoms with Gasteiger partial charge in [-0.15, -0.1) is 0 Å². The highest BCUT2D eigenvalue weighted by Gasteiger charge is 2.19. The number of aromatic nitrogens is 3. The Morgan fingerprint density at radius 3 is 2.55 bits per heavy atom. The Balaban J connectivity index is 1.82. The van der Waals surface area contributed by atoms with Gasteiger partial charge in [0, 0.05) is 24.9 Å². The van der Waals surface area contributed by atoms with E-state index in [0.717, 1.165) is 0 Å². The Kier molecular flexibility index (Phi) is 6.90. The fraction of sp³-hybridized carbons (Fsp3) is 0.200. The molecule has 162 valence electrons. The third-order valence-electron chi connectivity index (χ3n) is 4.16. The van der Waals surface area contributed by atoms with Gasteiger partial charge < -0.3 is 15.8 Å². The molecule has 1 aromatic carbocycles. The van der Waals surface area contributed by atoms with E-state index in [1.807, 2.05) is 0 Å². The third-order valence-corrected chi connectivity index (χ3v) is 5.76. The van der Waals surface area contributed by atoms with Crippen LogP contribution in [0.15, 0.2) is 59.8 Å². The summed E-state index contributed by atoms with van der Waals surface area (Å²) in [5.74, 6) is -0.238. The van der Waals surface area contributed by atoms with E-state index in [1.165, 1.54) is 25.4 Å². The number of nitrogen functional groups attached to an aromatic ring is 1. The minimum Gasteiger partial charge on any atom is -0.383 e. The molecule has 0 saturated heterocycles. The van der Waals surface area contributed by atoms with Gasteiger partial charge in [0.15, 0.2) is 11.5 Å². The Hall–Kier alpha value is -3.41. The van der Waals surface area contributed by atoms with Crippen LogP contribution in [-0.4, -0.2) is 49.0 Å². The summed E-state index contributed by atoms with van der Waals surface area (Å²) in [6, 6.07) is 10.8. The summed E-state index contributed by atoms with van der Waals surface area (Å²) in [7, 11) is -2.20. The lowest BCUT2D eigenvalue weighted by molar-refractivity contribution is 0.102. The molecule has 10 nitrogen and oxygen atoms in total. The zero-order valence-corrected chi connectivity index (χ0v) is 17.8. The van der Waals surface area contributed by atoms with Crippen LogP contribution in [-0.2, 0) is 14.8 Å². The first-order chi connectivity index (χ1) is 14.8. The summed E-state index contributed by atoms with van der Waals surface area (Å²) in [5.41, 5.74) is 6.70. The number of benzene rings is 1. The topological polar surface area (TPSA) is 149 Å². The predicted molar refractivity (Wildman–Crippen MR) is 116 cm³/mol. The number of rotatable bonds is 8. The molecule has 2 aromatic heterocycles. The van der Waals surface area contributed by atoms with Crippen molar-refractivity contribution in [2.75, 3.05) is 24.8 Å². The summed E-state index contributed by atoms with van der Waals surface area (Å²) in [6.45, 7) is 1.96. The van der Waals surface area contributed by atoms with Crippen molar-refractivity contribution >= 4 is 27.6 Å². The van der Waals surface area contributed by atoms with Gasteiger partial charge in [-0.25, -0.2) is 28.1 Å². The van der Waals surface area contributed by atoms with E-state index in [4.69, 9.17) is 10.5 Å². The van der Waals surface area contributed by atoms with Gasteiger partial charge >= 0.3 is 0 Å². The molecule has 11 heteroatoms. The van der Waals surface area contributed by atoms with E-state index < -0.39 is 15.9 Å². The van der Waals surface area contributed by atoms with Crippen LogP contribution >= 0.6 is 0 Å². The van der Waals surface area contributed by atoms with Crippen LogP contribution in [0.3, 0.4) is 0 Å². The average molecular weight is 443 g/mol. The highest BCUT2D eigenvalue weighted by Crippen LogP contribution is 2.21. The van der Waals surface area contributed by atoms with E-state index in [9.17, 15) is 13.2 Å². The first-order valence-corrected chi connectivity index (χ1v) is 10.7. The number of nitrogens with two attached hydrogens (primary N) is 1. The van der Waals surface area contributed by atoms with Crippen LogP contribution in [0, 0.1) is 0 Å². The van der Waals surface area contributed by atoms with Gasteiger partial charge in [-0.3, -0.25) is 4.79 Å². The molecule has 3 rings (SSSR count). The van der Waals surface area contributed by atoms with Crippen molar-refractivity contribution in [1.29, 1.82) is 0 Å². The number of ether oxygens (including phenoxy) is 1. The van der Waals surface area contributed by atoms with Crippen molar-refractivity contribution in [2.24, 2.45) is 0 Å². The summed E-state index contributed by atoms with van der Waals surface area (Å²) in [5, 5.41) is 2.60. The maximum absolute atomic E-state index is 12.5. The molecule has 1 unspecified atom stereocenters. The lowest BCUT2D eigenvalue weighted by atomic mass is 10.1. The summed E-state index contributed by atoms with van der Waals surface area (Å²) < 4.78 is 32.4. The summed E-state index contributed by atoms with van der Waals surface area (Å²) >= 11 is 0. The second-order valence-electron chi connectivity index (χ2n) is 6.66. The van der Waals surface area contributed by atoms with Gasteiger partial charge in [-0.1, -0.05) is 18.2 Å². The van der Waals surface area contributed by atoms with E-state index >= 15 is 0 Å². The van der Waals surface area contributed by atoms with Crippen LogP contribution in [0.1, 0.15) is 17.4 Å². The molecule has 0 aliphatic rings. The molecule has 0 aliphatic carbocycles. The molecule has 0 radical (unpaired) electrons. The van der Waals surface area contributed by atoms with Gasteiger partial charge in [0.2, 0.25) is 10.0 Å². The maximum Gasteiger partial charge on any atom is 0.279 e. The number of hydrogen-bond acceptors (Lipinski definition) is 8. The maximum atomic E-state index is 12.5. The van der Waals surface area contributed by atoms with Crippen molar-refractivity contribution in [1.82, 2.24) is 19.7 Å². The Morgan fingerprint density at radius 1 is 1.16 bits per heavy atom. The van der Waals surface area contributed by atoms with Gasteiger partial charge in [0.1, 0.15) is 5.82 Å². The monoisotopic (exact) mass is 442 g/mol. The molecule has 1 atom stereocenters. The van der Waals surface area contributed by atoms with E-state index in [2.05, 4.69) is 25.0 Å². The van der Waals surface area contributed by atoms with Crippen LogP contribution in [0.5, 0.6) is 0 Å². The molecule has 0 aliphatic heterocycles. The van der Waals surface area contributed by atoms with Crippen molar-refractivity contribution < 1.29 is 17.9 Å². The number of anilines is 2. The Labute approximate surface area is 180 Å². The average Bonchev–Trinajstić information content (AvgIpc) is 2.74. The highest BCUT2D eigenvalue weighted by molar-refractivity contribution is 7.89. The first kappa shape index (κ1) is 22.3. The van der Waals surface area contributed by atoms with Crippen molar-refractivity contribution in [3.63, 3.8) is 0 Å². The van der Waals surface area contributed by atoms with Crippen LogP contribution in [0.25, 0.3) is 11.3 Å². The Bertz CT molecular complexity index is 1150. The molecule has 2 heterocycles. The fourth-order valence-electron chi connectivity index (χ4n) is 2.74. The molecule has 4 N–H and O–H groups in total. The van der Waals surface area contributed by atoms with E-state index in [-0.39, 0.29) is 29.1 Å².